The minimum atomic E-state index is -0.804. The van der Waals surface area contributed by atoms with Gasteiger partial charge in [-0.3, -0.25) is 13.9 Å². The largest absolute Gasteiger partial charge is 0.481 e. The molecule has 152 valence electrons. The van der Waals surface area contributed by atoms with Gasteiger partial charge in [-0.05, 0) is 74.5 Å². The molecule has 0 bridgehead atoms. The number of nitrogens with one attached hydrogen (secondary N) is 1. The fourth-order valence-electron chi connectivity index (χ4n) is 4.22. The monoisotopic (exact) mass is 393 g/mol. The van der Waals surface area contributed by atoms with Crippen molar-refractivity contribution in [1.29, 1.82) is 0 Å². The Morgan fingerprint density at radius 3 is 2.41 bits per heavy atom. The number of fused-ring (bicyclic) bond motifs is 1. The summed E-state index contributed by atoms with van der Waals surface area (Å²) in [5.41, 5.74) is 3.62. The highest BCUT2D eigenvalue weighted by Crippen LogP contribution is 2.21. The first-order valence-corrected chi connectivity index (χ1v) is 10.4. The molecule has 2 aromatic carbocycles. The van der Waals surface area contributed by atoms with Crippen molar-refractivity contribution in [3.05, 3.63) is 64.6 Å². The average Bonchev–Trinajstić information content (AvgIpc) is 3.03. The molecule has 1 aliphatic heterocycles. The third-order valence-electron chi connectivity index (χ3n) is 5.88. The number of hydrogen-bond acceptors (Lipinski definition) is 3. The lowest BCUT2D eigenvalue weighted by Crippen LogP contribution is -2.29. The molecule has 0 radical (unpaired) electrons. The zero-order valence-electron chi connectivity index (χ0n) is 16.5. The van der Waals surface area contributed by atoms with Gasteiger partial charge in [-0.25, -0.2) is 4.79 Å². The molecule has 1 fully saturated rings. The van der Waals surface area contributed by atoms with E-state index in [0.717, 1.165) is 48.3 Å². The Morgan fingerprint density at radius 2 is 1.72 bits per heavy atom. The molecule has 29 heavy (non-hydrogen) atoms. The fourth-order valence-corrected chi connectivity index (χ4v) is 4.22. The maximum atomic E-state index is 13.3. The SMILES string of the molecule is O=C(O)CCc1ccc(-n2c(=O)n(CCC3CCNCC3)c3ccccc32)cc1. The Morgan fingerprint density at radius 1 is 1.03 bits per heavy atom. The number of hydrogen-bond donors (Lipinski definition) is 2. The van der Waals surface area contributed by atoms with Gasteiger partial charge in [0, 0.05) is 13.0 Å². The molecule has 2 N–H and O–H groups in total. The van der Waals surface area contributed by atoms with Crippen LogP contribution >= 0.6 is 0 Å². The third-order valence-corrected chi connectivity index (χ3v) is 5.88. The molecular weight excluding hydrogens is 366 g/mol. The summed E-state index contributed by atoms with van der Waals surface area (Å²) in [4.78, 5) is 24.1. The second kappa shape index (κ2) is 8.66. The van der Waals surface area contributed by atoms with Gasteiger partial charge in [0.25, 0.3) is 0 Å². The number of rotatable bonds is 7. The summed E-state index contributed by atoms with van der Waals surface area (Å²) < 4.78 is 3.66. The molecule has 1 aliphatic rings. The topological polar surface area (TPSA) is 76.3 Å². The second-order valence-electron chi connectivity index (χ2n) is 7.80. The Bertz CT molecular complexity index is 1040. The van der Waals surface area contributed by atoms with Crippen molar-refractivity contribution in [2.24, 2.45) is 5.92 Å². The van der Waals surface area contributed by atoms with Gasteiger partial charge < -0.3 is 10.4 Å². The number of imidazole rings is 1. The molecule has 0 spiro atoms. The number of aryl methyl sites for hydroxylation is 2. The van der Waals surface area contributed by atoms with E-state index in [1.54, 1.807) is 4.57 Å². The molecule has 0 atom stereocenters. The Kier molecular flexibility index (Phi) is 5.81. The van der Waals surface area contributed by atoms with Gasteiger partial charge >= 0.3 is 11.7 Å². The molecule has 0 amide bonds. The van der Waals surface area contributed by atoms with Crippen molar-refractivity contribution in [3.63, 3.8) is 0 Å². The molecule has 0 aliphatic carbocycles. The highest BCUT2D eigenvalue weighted by Gasteiger charge is 2.17. The summed E-state index contributed by atoms with van der Waals surface area (Å²) in [7, 11) is 0. The van der Waals surface area contributed by atoms with E-state index in [9.17, 15) is 9.59 Å². The smallest absolute Gasteiger partial charge is 0.333 e. The lowest BCUT2D eigenvalue weighted by molar-refractivity contribution is -0.136. The van der Waals surface area contributed by atoms with Crippen molar-refractivity contribution in [2.75, 3.05) is 13.1 Å². The molecule has 0 unspecified atom stereocenters. The molecular formula is C23H27N3O3. The number of aliphatic carboxylic acids is 1. The number of carbonyl (C=O) groups is 1. The second-order valence-corrected chi connectivity index (χ2v) is 7.80. The summed E-state index contributed by atoms with van der Waals surface area (Å²) in [6.07, 6.45) is 3.96. The number of benzene rings is 2. The highest BCUT2D eigenvalue weighted by molar-refractivity contribution is 5.78. The van der Waals surface area contributed by atoms with E-state index in [0.29, 0.717) is 12.3 Å². The van der Waals surface area contributed by atoms with Crippen molar-refractivity contribution in [3.8, 4) is 5.69 Å². The van der Waals surface area contributed by atoms with Crippen LogP contribution in [0.25, 0.3) is 16.7 Å². The van der Waals surface area contributed by atoms with Gasteiger partial charge in [0.05, 0.1) is 16.7 Å². The van der Waals surface area contributed by atoms with Crippen LogP contribution in [-0.2, 0) is 17.8 Å². The predicted octanol–water partition coefficient (Wildman–Crippen LogP) is 3.20. The molecule has 1 aromatic heterocycles. The van der Waals surface area contributed by atoms with Crippen LogP contribution in [0.5, 0.6) is 0 Å². The molecule has 0 saturated carbocycles. The number of nitrogens with zero attached hydrogens (tertiary/aromatic N) is 2. The maximum Gasteiger partial charge on any atom is 0.333 e. The summed E-state index contributed by atoms with van der Waals surface area (Å²) in [6, 6.07) is 15.5. The Labute approximate surface area is 169 Å². The number of carboxylic acid groups (broad SMARTS) is 1. The van der Waals surface area contributed by atoms with Crippen molar-refractivity contribution < 1.29 is 9.90 Å². The summed E-state index contributed by atoms with van der Waals surface area (Å²) in [6.45, 7) is 2.86. The van der Waals surface area contributed by atoms with Crippen LogP contribution in [0.15, 0.2) is 53.3 Å². The van der Waals surface area contributed by atoms with E-state index in [1.807, 2.05) is 53.1 Å². The number of piperidine rings is 1. The molecule has 1 saturated heterocycles. The first-order chi connectivity index (χ1) is 14.1. The Balaban J connectivity index is 1.63. The predicted molar refractivity (Wildman–Crippen MR) is 114 cm³/mol. The van der Waals surface area contributed by atoms with Crippen LogP contribution in [0.4, 0.5) is 0 Å². The van der Waals surface area contributed by atoms with E-state index in [4.69, 9.17) is 5.11 Å². The first-order valence-electron chi connectivity index (χ1n) is 10.4. The van der Waals surface area contributed by atoms with Crippen LogP contribution in [0.3, 0.4) is 0 Å². The quantitative estimate of drug-likeness (QED) is 0.646. The third kappa shape index (κ3) is 4.27. The maximum absolute atomic E-state index is 13.3. The van der Waals surface area contributed by atoms with E-state index < -0.39 is 5.97 Å². The Hall–Kier alpha value is -2.86. The molecule has 6 heteroatoms. The van der Waals surface area contributed by atoms with Gasteiger partial charge in [-0.15, -0.1) is 0 Å². The number of aromatic nitrogens is 2. The summed E-state index contributed by atoms with van der Waals surface area (Å²) >= 11 is 0. The van der Waals surface area contributed by atoms with Gasteiger partial charge in [0.1, 0.15) is 0 Å². The van der Waals surface area contributed by atoms with Crippen LogP contribution in [0, 0.1) is 5.92 Å². The van der Waals surface area contributed by atoms with Crippen LogP contribution in [-0.4, -0.2) is 33.3 Å². The van der Waals surface area contributed by atoms with Crippen molar-refractivity contribution >= 4 is 17.0 Å². The van der Waals surface area contributed by atoms with E-state index in [2.05, 4.69) is 5.32 Å². The lowest BCUT2D eigenvalue weighted by Gasteiger charge is -2.22. The van der Waals surface area contributed by atoms with Crippen LogP contribution in [0.1, 0.15) is 31.2 Å². The zero-order chi connectivity index (χ0) is 20.2. The van der Waals surface area contributed by atoms with Gasteiger partial charge in [-0.1, -0.05) is 24.3 Å². The van der Waals surface area contributed by atoms with Gasteiger partial charge in [-0.2, -0.15) is 0 Å². The standard InChI is InChI=1S/C23H27N3O3/c27-22(28)10-7-17-5-8-19(9-6-17)26-21-4-2-1-3-20(21)25(23(26)29)16-13-18-11-14-24-15-12-18/h1-6,8-9,18,24H,7,10-16H2,(H,27,28). The minimum absolute atomic E-state index is 0.0154. The molecule has 2 heterocycles. The van der Waals surface area contributed by atoms with Crippen molar-refractivity contribution in [2.45, 2.75) is 38.6 Å². The van der Waals surface area contributed by atoms with Crippen LogP contribution in [0.2, 0.25) is 0 Å². The summed E-state index contributed by atoms with van der Waals surface area (Å²) in [5, 5.41) is 12.3. The fraction of sp³-hybridized carbons (Fsp3) is 0.391. The van der Waals surface area contributed by atoms with Crippen molar-refractivity contribution in [1.82, 2.24) is 14.5 Å². The number of carboxylic acids is 1. The van der Waals surface area contributed by atoms with Gasteiger partial charge in [0.15, 0.2) is 0 Å². The van der Waals surface area contributed by atoms with Crippen LogP contribution < -0.4 is 11.0 Å². The zero-order valence-corrected chi connectivity index (χ0v) is 16.5. The highest BCUT2D eigenvalue weighted by atomic mass is 16.4. The average molecular weight is 393 g/mol. The van der Waals surface area contributed by atoms with Gasteiger partial charge in [0.2, 0.25) is 0 Å². The molecule has 6 nitrogen and oxygen atoms in total. The number of para-hydroxylation sites is 2. The van der Waals surface area contributed by atoms with E-state index in [1.165, 1.54) is 12.8 Å². The van der Waals surface area contributed by atoms with E-state index >= 15 is 0 Å². The minimum Gasteiger partial charge on any atom is -0.481 e. The molecule has 3 aromatic rings. The summed E-state index contributed by atoms with van der Waals surface area (Å²) in [5.74, 6) is -0.138. The first kappa shape index (κ1) is 19.5. The van der Waals surface area contributed by atoms with E-state index in [-0.39, 0.29) is 12.1 Å². The normalized spacial score (nSPS) is 15.0. The lowest BCUT2D eigenvalue weighted by atomic mass is 9.95. The molecule has 4 rings (SSSR count).